The highest BCUT2D eigenvalue weighted by Crippen LogP contribution is 2.09. The second kappa shape index (κ2) is 7.53. The molecule has 0 radical (unpaired) electrons. The summed E-state index contributed by atoms with van der Waals surface area (Å²) in [6.07, 6.45) is 0. The molecule has 3 N–H and O–H groups in total. The standard InChI is InChI=1S/C14H21N3O2/c1-4-15-10(2)9-16-14(19)12-5-7-13(8-6-12)17-11(3)18/h5-8,10,15H,4,9H2,1-3H3,(H,16,19)(H,17,18)/t10-/m1/s1. The number of rotatable bonds is 6. The summed E-state index contributed by atoms with van der Waals surface area (Å²) < 4.78 is 0. The van der Waals surface area contributed by atoms with Crippen LogP contribution in [0.2, 0.25) is 0 Å². The number of carbonyl (C=O) groups is 2. The van der Waals surface area contributed by atoms with E-state index in [-0.39, 0.29) is 17.9 Å². The van der Waals surface area contributed by atoms with E-state index in [0.29, 0.717) is 17.8 Å². The molecule has 0 saturated carbocycles. The van der Waals surface area contributed by atoms with Crippen molar-refractivity contribution in [1.29, 1.82) is 0 Å². The summed E-state index contributed by atoms with van der Waals surface area (Å²) >= 11 is 0. The van der Waals surface area contributed by atoms with Crippen LogP contribution in [0.15, 0.2) is 24.3 Å². The van der Waals surface area contributed by atoms with Gasteiger partial charge in [-0.3, -0.25) is 9.59 Å². The van der Waals surface area contributed by atoms with Gasteiger partial charge in [0.1, 0.15) is 0 Å². The third-order valence-electron chi connectivity index (χ3n) is 2.59. The van der Waals surface area contributed by atoms with E-state index in [0.717, 1.165) is 6.54 Å². The molecule has 2 amide bonds. The topological polar surface area (TPSA) is 70.2 Å². The maximum atomic E-state index is 11.9. The number of anilines is 1. The number of benzene rings is 1. The molecule has 0 bridgehead atoms. The van der Waals surface area contributed by atoms with Crippen LogP contribution in [0.25, 0.3) is 0 Å². The first-order valence-corrected chi connectivity index (χ1v) is 6.42. The van der Waals surface area contributed by atoms with Gasteiger partial charge in [-0.1, -0.05) is 6.92 Å². The zero-order chi connectivity index (χ0) is 14.3. The SMILES string of the molecule is CCN[C@H](C)CNC(=O)c1ccc(NC(C)=O)cc1. The summed E-state index contributed by atoms with van der Waals surface area (Å²) in [5, 5.41) is 8.73. The number of nitrogens with one attached hydrogen (secondary N) is 3. The molecule has 1 atom stereocenters. The quantitative estimate of drug-likeness (QED) is 0.726. The van der Waals surface area contributed by atoms with Crippen LogP contribution in [-0.4, -0.2) is 30.9 Å². The summed E-state index contributed by atoms with van der Waals surface area (Å²) in [4.78, 5) is 22.7. The second-order valence-electron chi connectivity index (χ2n) is 4.43. The van der Waals surface area contributed by atoms with E-state index >= 15 is 0 Å². The average molecular weight is 263 g/mol. The van der Waals surface area contributed by atoms with Crippen LogP contribution >= 0.6 is 0 Å². The molecule has 0 saturated heterocycles. The molecule has 0 aliphatic heterocycles. The molecule has 5 nitrogen and oxygen atoms in total. The van der Waals surface area contributed by atoms with Crippen LogP contribution in [-0.2, 0) is 4.79 Å². The fourth-order valence-corrected chi connectivity index (χ4v) is 1.68. The summed E-state index contributed by atoms with van der Waals surface area (Å²) in [6, 6.07) is 7.05. The second-order valence-corrected chi connectivity index (χ2v) is 4.43. The van der Waals surface area contributed by atoms with E-state index in [4.69, 9.17) is 0 Å². The van der Waals surface area contributed by atoms with Crippen LogP contribution in [0.1, 0.15) is 31.1 Å². The third-order valence-corrected chi connectivity index (χ3v) is 2.59. The fraction of sp³-hybridized carbons (Fsp3) is 0.429. The van der Waals surface area contributed by atoms with Crippen molar-refractivity contribution in [1.82, 2.24) is 10.6 Å². The Bertz CT molecular complexity index is 429. The van der Waals surface area contributed by atoms with E-state index in [2.05, 4.69) is 16.0 Å². The van der Waals surface area contributed by atoms with Gasteiger partial charge in [0, 0.05) is 30.8 Å². The zero-order valence-electron chi connectivity index (χ0n) is 11.6. The minimum atomic E-state index is -0.128. The van der Waals surface area contributed by atoms with Crippen molar-refractivity contribution in [2.24, 2.45) is 0 Å². The lowest BCUT2D eigenvalue weighted by Gasteiger charge is -2.13. The van der Waals surface area contributed by atoms with Gasteiger partial charge in [-0.05, 0) is 37.7 Å². The molecule has 0 heterocycles. The maximum absolute atomic E-state index is 11.9. The van der Waals surface area contributed by atoms with Crippen molar-refractivity contribution >= 4 is 17.5 Å². The highest BCUT2D eigenvalue weighted by molar-refractivity contribution is 5.95. The third kappa shape index (κ3) is 5.52. The molecule has 1 rings (SSSR count). The van der Waals surface area contributed by atoms with E-state index in [1.165, 1.54) is 6.92 Å². The minimum absolute atomic E-state index is 0.112. The van der Waals surface area contributed by atoms with Gasteiger partial charge in [-0.25, -0.2) is 0 Å². The summed E-state index contributed by atoms with van der Waals surface area (Å²) in [5.74, 6) is -0.240. The molecule has 0 unspecified atom stereocenters. The first-order valence-electron chi connectivity index (χ1n) is 6.42. The van der Waals surface area contributed by atoms with Crippen molar-refractivity contribution in [3.8, 4) is 0 Å². The Labute approximate surface area is 113 Å². The largest absolute Gasteiger partial charge is 0.350 e. The Hall–Kier alpha value is -1.88. The molecule has 1 aromatic carbocycles. The molecular weight excluding hydrogens is 242 g/mol. The highest BCUT2D eigenvalue weighted by Gasteiger charge is 2.07. The number of amides is 2. The molecule has 0 fully saturated rings. The van der Waals surface area contributed by atoms with Crippen molar-refractivity contribution in [2.45, 2.75) is 26.8 Å². The van der Waals surface area contributed by atoms with Crippen LogP contribution in [0.3, 0.4) is 0 Å². The maximum Gasteiger partial charge on any atom is 0.251 e. The molecule has 5 heteroatoms. The molecule has 19 heavy (non-hydrogen) atoms. The molecule has 0 aliphatic carbocycles. The number of likely N-dealkylation sites (N-methyl/N-ethyl adjacent to an activating group) is 1. The summed E-state index contributed by atoms with van der Waals surface area (Å²) in [6.45, 7) is 6.95. The number of hydrogen-bond acceptors (Lipinski definition) is 3. The monoisotopic (exact) mass is 263 g/mol. The van der Waals surface area contributed by atoms with Gasteiger partial charge in [0.25, 0.3) is 5.91 Å². The van der Waals surface area contributed by atoms with Gasteiger partial charge >= 0.3 is 0 Å². The van der Waals surface area contributed by atoms with Gasteiger partial charge in [-0.2, -0.15) is 0 Å². The average Bonchev–Trinajstić information content (AvgIpc) is 2.36. The molecule has 0 aromatic heterocycles. The fourth-order valence-electron chi connectivity index (χ4n) is 1.68. The predicted molar refractivity (Wildman–Crippen MR) is 76.2 cm³/mol. The molecule has 0 aliphatic rings. The van der Waals surface area contributed by atoms with Crippen LogP contribution < -0.4 is 16.0 Å². The highest BCUT2D eigenvalue weighted by atomic mass is 16.2. The lowest BCUT2D eigenvalue weighted by Crippen LogP contribution is -2.38. The van der Waals surface area contributed by atoms with Gasteiger partial charge < -0.3 is 16.0 Å². The van der Waals surface area contributed by atoms with E-state index in [1.54, 1.807) is 24.3 Å². The molecule has 104 valence electrons. The lowest BCUT2D eigenvalue weighted by molar-refractivity contribution is -0.114. The van der Waals surface area contributed by atoms with Crippen molar-refractivity contribution in [2.75, 3.05) is 18.4 Å². The predicted octanol–water partition coefficient (Wildman–Crippen LogP) is 1.37. The summed E-state index contributed by atoms with van der Waals surface area (Å²) in [7, 11) is 0. The smallest absolute Gasteiger partial charge is 0.251 e. The lowest BCUT2D eigenvalue weighted by atomic mass is 10.2. The minimum Gasteiger partial charge on any atom is -0.350 e. The number of hydrogen-bond donors (Lipinski definition) is 3. The van der Waals surface area contributed by atoms with Crippen molar-refractivity contribution in [3.05, 3.63) is 29.8 Å². The van der Waals surface area contributed by atoms with Crippen molar-refractivity contribution in [3.63, 3.8) is 0 Å². The van der Waals surface area contributed by atoms with Crippen molar-refractivity contribution < 1.29 is 9.59 Å². The van der Waals surface area contributed by atoms with Crippen LogP contribution in [0.4, 0.5) is 5.69 Å². The van der Waals surface area contributed by atoms with E-state index in [1.807, 2.05) is 13.8 Å². The van der Waals surface area contributed by atoms with Crippen LogP contribution in [0, 0.1) is 0 Å². The van der Waals surface area contributed by atoms with E-state index in [9.17, 15) is 9.59 Å². The molecular formula is C14H21N3O2. The first-order chi connectivity index (χ1) is 9.02. The van der Waals surface area contributed by atoms with Gasteiger partial charge in [0.05, 0.1) is 0 Å². The zero-order valence-corrected chi connectivity index (χ0v) is 11.6. The van der Waals surface area contributed by atoms with Gasteiger partial charge in [0.15, 0.2) is 0 Å². The molecule has 1 aromatic rings. The van der Waals surface area contributed by atoms with Gasteiger partial charge in [-0.15, -0.1) is 0 Å². The Morgan fingerprint density at radius 1 is 1.21 bits per heavy atom. The Balaban J connectivity index is 2.51. The Kier molecular flexibility index (Phi) is 6.02. The van der Waals surface area contributed by atoms with Gasteiger partial charge in [0.2, 0.25) is 5.91 Å². The van der Waals surface area contributed by atoms with E-state index < -0.39 is 0 Å². The summed E-state index contributed by atoms with van der Waals surface area (Å²) in [5.41, 5.74) is 1.27. The normalized spacial score (nSPS) is 11.7. The Morgan fingerprint density at radius 2 is 1.84 bits per heavy atom. The Morgan fingerprint density at radius 3 is 2.37 bits per heavy atom. The molecule has 0 spiro atoms. The first kappa shape index (κ1) is 15.2. The number of carbonyl (C=O) groups excluding carboxylic acids is 2. The van der Waals surface area contributed by atoms with Crippen LogP contribution in [0.5, 0.6) is 0 Å².